The first-order valence-electron chi connectivity index (χ1n) is 30.5. The maximum atomic E-state index is 16.0. The summed E-state index contributed by atoms with van der Waals surface area (Å²) in [6, 6.07) is -0.0253. The number of hydrogen-bond acceptors (Lipinski definition) is 23. The molecule has 26 heteroatoms. The number of Topliss-reactive ketones (excluding diaryl/α,β-unsaturated/α-hetero) is 1. The molecule has 3 aromatic rings. The summed E-state index contributed by atoms with van der Waals surface area (Å²) in [5.74, 6) is -7.90. The zero-order valence-corrected chi connectivity index (χ0v) is 53.7. The van der Waals surface area contributed by atoms with E-state index in [-0.39, 0.29) is 37.5 Å². The monoisotopic (exact) mass is 1240 g/mol. The second kappa shape index (κ2) is 30.7. The molecule has 22 atom stereocenters. The zero-order valence-electron chi connectivity index (χ0n) is 53.7. The molecule has 0 saturated carbocycles. The Bertz CT molecular complexity index is 2770. The molecule has 0 amide bonds. The van der Waals surface area contributed by atoms with E-state index in [4.69, 9.17) is 61.6 Å². The molecular weight excluding hydrogens is 1150 g/mol. The third kappa shape index (κ3) is 16.9. The van der Waals surface area contributed by atoms with Crippen LogP contribution in [-0.4, -0.2) is 202 Å². The molecule has 26 nitrogen and oxygen atoms in total. The number of cyclic esters (lactones) is 1. The number of ether oxygens (including phenoxy) is 13. The number of rotatable bonds is 16. The smallest absolute Gasteiger partial charge is 0.420 e. The van der Waals surface area contributed by atoms with Crippen LogP contribution in [0.15, 0.2) is 68.3 Å². The third-order valence-corrected chi connectivity index (χ3v) is 17.4. The molecule has 7 heterocycles. The number of aromatic nitrogens is 6. The number of carbonyl (C=O) groups is 6. The average Bonchev–Trinajstić information content (AvgIpc) is 1.36. The molecule has 4 aliphatic rings. The number of likely N-dealkylation sites (N-methyl/N-ethyl adjacent to an activating group) is 1. The van der Waals surface area contributed by atoms with Gasteiger partial charge < -0.3 is 66.5 Å². The first-order chi connectivity index (χ1) is 41.6. The molecule has 7 rings (SSSR count). The van der Waals surface area contributed by atoms with Gasteiger partial charge in [0.1, 0.15) is 43.4 Å². The van der Waals surface area contributed by atoms with Gasteiger partial charge in [-0.1, -0.05) is 55.0 Å². The van der Waals surface area contributed by atoms with Crippen molar-refractivity contribution in [3.8, 4) is 0 Å². The lowest BCUT2D eigenvalue weighted by Crippen LogP contribution is -2.60. The van der Waals surface area contributed by atoms with Crippen molar-refractivity contribution in [1.29, 1.82) is 0 Å². The van der Waals surface area contributed by atoms with E-state index >= 15 is 9.59 Å². The van der Waals surface area contributed by atoms with Gasteiger partial charge in [-0.05, 0) is 78.8 Å². The minimum absolute atomic E-state index is 0.0253. The molecule has 4 saturated heterocycles. The van der Waals surface area contributed by atoms with Crippen LogP contribution < -0.4 is 0 Å². The number of methoxy groups -OCH3 is 2. The number of carbonyl (C=O) groups excluding carboxylic acids is 6. The van der Waals surface area contributed by atoms with Gasteiger partial charge >= 0.3 is 30.2 Å². The Balaban J connectivity index is 1.34. The molecular formula is C62H93N7O19. The summed E-state index contributed by atoms with van der Waals surface area (Å²) in [4.78, 5) is 101. The van der Waals surface area contributed by atoms with Crippen LogP contribution in [0.2, 0.25) is 0 Å². The van der Waals surface area contributed by atoms with Crippen LogP contribution in [0.5, 0.6) is 0 Å². The Morgan fingerprint density at radius 3 is 1.88 bits per heavy atom. The summed E-state index contributed by atoms with van der Waals surface area (Å²) in [5.41, 5.74) is -1.53. The van der Waals surface area contributed by atoms with Crippen LogP contribution >= 0.6 is 0 Å². The van der Waals surface area contributed by atoms with E-state index in [0.717, 1.165) is 9.13 Å². The average molecular weight is 1240 g/mol. The predicted molar refractivity (Wildman–Crippen MR) is 313 cm³/mol. The van der Waals surface area contributed by atoms with E-state index in [9.17, 15) is 19.2 Å². The minimum atomic E-state index is -2.03. The lowest BCUT2D eigenvalue weighted by molar-refractivity contribution is -0.304. The Morgan fingerprint density at radius 2 is 1.30 bits per heavy atom. The molecule has 4 aliphatic heterocycles. The minimum Gasteiger partial charge on any atom is -0.461 e. The van der Waals surface area contributed by atoms with Crippen LogP contribution in [-0.2, 0) is 76.0 Å². The van der Waals surface area contributed by atoms with Crippen LogP contribution in [0.4, 0.5) is 14.4 Å². The van der Waals surface area contributed by atoms with Crippen molar-refractivity contribution in [2.75, 3.05) is 34.4 Å². The quantitative estimate of drug-likeness (QED) is 0.0762. The van der Waals surface area contributed by atoms with Gasteiger partial charge in [0.15, 0.2) is 42.5 Å². The first-order valence-corrected chi connectivity index (χ1v) is 30.5. The molecule has 490 valence electrons. The van der Waals surface area contributed by atoms with E-state index < -0.39 is 157 Å². The maximum absolute atomic E-state index is 16.0. The molecule has 0 N–H and O–H groups in total. The highest BCUT2D eigenvalue weighted by Crippen LogP contribution is 2.41. The van der Waals surface area contributed by atoms with Crippen molar-refractivity contribution >= 4 is 36.0 Å². The Morgan fingerprint density at radius 1 is 0.693 bits per heavy atom. The highest BCUT2D eigenvalue weighted by Gasteiger charge is 2.53. The molecule has 3 aromatic heterocycles. The van der Waals surface area contributed by atoms with Gasteiger partial charge in [0.2, 0.25) is 0 Å². The van der Waals surface area contributed by atoms with Gasteiger partial charge in [-0.3, -0.25) is 14.4 Å². The Hall–Kier alpha value is -5.97. The fraction of sp³-hybridized carbons (Fsp3) is 0.726. The van der Waals surface area contributed by atoms with Crippen molar-refractivity contribution in [2.24, 2.45) is 41.4 Å². The maximum Gasteiger partial charge on any atom is 0.420 e. The fourth-order valence-electron chi connectivity index (χ4n) is 12.6. The second-order valence-corrected chi connectivity index (χ2v) is 25.2. The molecule has 88 heavy (non-hydrogen) atoms. The topological polar surface area (TPSA) is 279 Å². The van der Waals surface area contributed by atoms with Crippen LogP contribution in [0.1, 0.15) is 116 Å². The molecule has 0 bridgehead atoms. The van der Waals surface area contributed by atoms with E-state index in [2.05, 4.69) is 33.4 Å². The van der Waals surface area contributed by atoms with E-state index in [1.165, 1.54) is 81.9 Å². The summed E-state index contributed by atoms with van der Waals surface area (Å²) in [5, 5.41) is 0. The second-order valence-electron chi connectivity index (χ2n) is 25.2. The highest BCUT2D eigenvalue weighted by molar-refractivity contribution is 5.91. The first kappa shape index (κ1) is 69.5. The summed E-state index contributed by atoms with van der Waals surface area (Å²) in [6.45, 7) is 27.9. The Labute approximate surface area is 515 Å². The molecule has 0 spiro atoms. The fourth-order valence-corrected chi connectivity index (χ4v) is 12.6. The standard InChI is InChI=1S/C62H93N7O19/c1-33(2)24-45(70)82-50-41(10)48(36(5)29-78-57-54(77-17)53(76-16)52(44(13)81-57)87-60(74)68-22-19-64-31-68)84-56(72)43(12)51(83-46-26-37(6)66(15)28-39(8)79-46)40(9)47(35(4)27-62(14,55(71)42(50)11)88-61(75)69-23-20-65-32-69)85-58-49(34(3)25-38(7)80-58)86-59(73)67-21-18-63-30-67/h18-23,30-33,35-44,46-54,57-58H,3,24-29H2,1-2,4-17H3/t35-,36-,37+,38+,39-,40+,41-,42+,43+,44+,46-,47-,48+,49+,50+,51-,52+,53+,54+,57+,58-,62-/m0/s1. The normalized spacial score (nSPS) is 36.1. The van der Waals surface area contributed by atoms with Crippen molar-refractivity contribution in [2.45, 2.75) is 213 Å². The van der Waals surface area contributed by atoms with Gasteiger partial charge in [0, 0.05) is 94.6 Å². The van der Waals surface area contributed by atoms with Gasteiger partial charge in [0.25, 0.3) is 0 Å². The largest absolute Gasteiger partial charge is 0.461 e. The molecule has 0 aromatic carbocycles. The number of ketones is 1. The van der Waals surface area contributed by atoms with Crippen molar-refractivity contribution in [1.82, 2.24) is 33.6 Å². The highest BCUT2D eigenvalue weighted by atomic mass is 16.7. The van der Waals surface area contributed by atoms with Crippen molar-refractivity contribution in [3.63, 3.8) is 0 Å². The summed E-state index contributed by atoms with van der Waals surface area (Å²) >= 11 is 0. The van der Waals surface area contributed by atoms with Crippen LogP contribution in [0.25, 0.3) is 0 Å². The van der Waals surface area contributed by atoms with Crippen LogP contribution in [0.3, 0.4) is 0 Å². The summed E-state index contributed by atoms with van der Waals surface area (Å²) in [6.07, 6.45) is -3.14. The molecule has 0 unspecified atom stereocenters. The van der Waals surface area contributed by atoms with Crippen molar-refractivity contribution in [3.05, 3.63) is 68.3 Å². The number of nitrogens with zero attached hydrogens (tertiary/aromatic N) is 7. The predicted octanol–water partition coefficient (Wildman–Crippen LogP) is 7.49. The van der Waals surface area contributed by atoms with E-state index in [1.807, 2.05) is 48.6 Å². The van der Waals surface area contributed by atoms with Crippen molar-refractivity contribution < 1.29 is 90.3 Å². The molecule has 4 fully saturated rings. The lowest BCUT2D eigenvalue weighted by Gasteiger charge is -2.45. The summed E-state index contributed by atoms with van der Waals surface area (Å²) < 4.78 is 87.4. The molecule has 0 aliphatic carbocycles. The third-order valence-electron chi connectivity index (χ3n) is 17.4. The number of esters is 2. The zero-order chi connectivity index (χ0) is 64.5. The van der Waals surface area contributed by atoms with Gasteiger partial charge in [-0.15, -0.1) is 0 Å². The number of imidazole rings is 3. The van der Waals surface area contributed by atoms with Gasteiger partial charge in [-0.2, -0.15) is 0 Å². The Kier molecular flexibility index (Phi) is 24.2. The SMILES string of the molecule is C=C1C[C@@H](C)O[C@@H](O[C@@H]2[C@@H](C)[C@H](O[C@H]3C[C@@H](C)N(C)C[C@H](C)O3)[C@@H](C)C(=O)O[C@H]([C@@H](C)CO[C@@H]3O[C@H](C)[C@@H](OC(=O)n4ccnc4)[C@@H](OC)[C@H]3OC)[C@H](C)[C@@H](OC(=O)CC(C)C)[C@@H](C)C(=O)[C@@](C)(OC(=O)n3ccnc3)C[C@@H]2C)[C@@H]1OC(=O)n1ccnc1. The van der Waals surface area contributed by atoms with Gasteiger partial charge in [-0.25, -0.2) is 43.0 Å². The lowest BCUT2D eigenvalue weighted by atomic mass is 9.74. The van der Waals surface area contributed by atoms with E-state index in [0.29, 0.717) is 25.0 Å². The number of hydrogen-bond donors (Lipinski definition) is 0. The van der Waals surface area contributed by atoms with E-state index in [1.54, 1.807) is 34.6 Å². The van der Waals surface area contributed by atoms with Gasteiger partial charge in [0.05, 0.1) is 49.0 Å². The summed E-state index contributed by atoms with van der Waals surface area (Å²) in [7, 11) is 4.89. The van der Waals surface area contributed by atoms with Crippen LogP contribution in [0, 0.1) is 41.4 Å². The molecule has 0 radical (unpaired) electrons.